The van der Waals surface area contributed by atoms with Crippen LogP contribution in [0.25, 0.3) is 11.5 Å². The van der Waals surface area contributed by atoms with Crippen molar-refractivity contribution in [2.75, 3.05) is 13.2 Å². The van der Waals surface area contributed by atoms with Gasteiger partial charge in [-0.25, -0.2) is 18.6 Å². The number of aromatic nitrogens is 1. The molecule has 1 heterocycles. The standard InChI is InChI=1S/C35H40F4N4O9/c1-18(41-34(48)52-35(2,3)4)29-28(31(47)42-27(30(46)40-17-19-8-9-19)22-12-11-21(36)16-23(22)37)43-32(51-29)20-10-13-24(50-33(38)39)25(15-20)49-14-6-5-7-26(44)45/h10-13,15-16,18-19,27,33H,5-9,14,17H2,1-4H3,(H,40,46)(H,41,48)(H,42,47)(H,44,45). The fourth-order valence-corrected chi connectivity index (χ4v) is 4.86. The van der Waals surface area contributed by atoms with Crippen LogP contribution in [0.1, 0.15) is 93.7 Å². The summed E-state index contributed by atoms with van der Waals surface area (Å²) in [5, 5.41) is 16.5. The lowest BCUT2D eigenvalue weighted by atomic mass is 10.0. The monoisotopic (exact) mass is 736 g/mol. The van der Waals surface area contributed by atoms with Gasteiger partial charge in [-0.1, -0.05) is 6.07 Å². The van der Waals surface area contributed by atoms with Gasteiger partial charge in [0.1, 0.15) is 23.3 Å². The highest BCUT2D eigenvalue weighted by Crippen LogP contribution is 2.36. The molecular formula is C35H40F4N4O9. The number of alkyl carbamates (subject to hydrolysis) is 1. The van der Waals surface area contributed by atoms with Crippen LogP contribution in [-0.4, -0.2) is 59.3 Å². The van der Waals surface area contributed by atoms with Crippen LogP contribution in [0, 0.1) is 17.6 Å². The molecule has 1 aliphatic rings. The van der Waals surface area contributed by atoms with Crippen molar-refractivity contribution in [3.8, 4) is 23.0 Å². The summed E-state index contributed by atoms with van der Waals surface area (Å²) in [5.41, 5.74) is -1.54. The van der Waals surface area contributed by atoms with Crippen molar-refractivity contribution >= 4 is 23.9 Å². The molecule has 1 aromatic heterocycles. The largest absolute Gasteiger partial charge is 0.490 e. The highest BCUT2D eigenvalue weighted by Gasteiger charge is 2.33. The number of unbranched alkanes of at least 4 members (excludes halogenated alkanes) is 1. The Kier molecular flexibility index (Phi) is 13.1. The molecule has 282 valence electrons. The molecular weight excluding hydrogens is 696 g/mol. The molecule has 13 nitrogen and oxygen atoms in total. The summed E-state index contributed by atoms with van der Waals surface area (Å²) < 4.78 is 76.6. The molecule has 1 aliphatic carbocycles. The Morgan fingerprint density at radius 1 is 1.02 bits per heavy atom. The number of halogens is 4. The average Bonchev–Trinajstić information content (AvgIpc) is 3.76. The third-order valence-electron chi connectivity index (χ3n) is 7.52. The number of amides is 3. The smallest absolute Gasteiger partial charge is 0.408 e. The predicted molar refractivity (Wildman–Crippen MR) is 176 cm³/mol. The molecule has 2 atom stereocenters. The summed E-state index contributed by atoms with van der Waals surface area (Å²) >= 11 is 0. The molecule has 1 fully saturated rings. The van der Waals surface area contributed by atoms with Crippen LogP contribution in [0.15, 0.2) is 40.8 Å². The molecule has 1 saturated carbocycles. The quantitative estimate of drug-likeness (QED) is 0.0891. The summed E-state index contributed by atoms with van der Waals surface area (Å²) in [6.07, 6.45) is 1.31. The second kappa shape index (κ2) is 17.2. The highest BCUT2D eigenvalue weighted by atomic mass is 19.3. The van der Waals surface area contributed by atoms with Crippen molar-refractivity contribution in [1.29, 1.82) is 0 Å². The van der Waals surface area contributed by atoms with E-state index in [1.165, 1.54) is 19.1 Å². The Labute approximate surface area is 296 Å². The van der Waals surface area contributed by atoms with Gasteiger partial charge in [0.2, 0.25) is 11.8 Å². The molecule has 0 radical (unpaired) electrons. The van der Waals surface area contributed by atoms with E-state index >= 15 is 0 Å². The van der Waals surface area contributed by atoms with Crippen LogP contribution >= 0.6 is 0 Å². The zero-order valence-corrected chi connectivity index (χ0v) is 28.9. The molecule has 0 bridgehead atoms. The lowest BCUT2D eigenvalue weighted by Crippen LogP contribution is -2.42. The van der Waals surface area contributed by atoms with Gasteiger partial charge in [-0.05, 0) is 83.6 Å². The van der Waals surface area contributed by atoms with E-state index in [9.17, 15) is 36.7 Å². The summed E-state index contributed by atoms with van der Waals surface area (Å²) in [6, 6.07) is 3.50. The summed E-state index contributed by atoms with van der Waals surface area (Å²) in [4.78, 5) is 55.0. The van der Waals surface area contributed by atoms with Crippen molar-refractivity contribution in [3.05, 3.63) is 65.1 Å². The van der Waals surface area contributed by atoms with Gasteiger partial charge in [-0.15, -0.1) is 0 Å². The van der Waals surface area contributed by atoms with Gasteiger partial charge in [0, 0.05) is 30.2 Å². The molecule has 4 N–H and O–H groups in total. The Morgan fingerprint density at radius 3 is 2.38 bits per heavy atom. The molecule has 4 rings (SSSR count). The number of ether oxygens (including phenoxy) is 3. The zero-order valence-electron chi connectivity index (χ0n) is 28.9. The van der Waals surface area contributed by atoms with Gasteiger partial charge >= 0.3 is 18.7 Å². The topological polar surface area (TPSA) is 178 Å². The van der Waals surface area contributed by atoms with Crippen molar-refractivity contribution in [1.82, 2.24) is 20.9 Å². The number of oxazole rings is 1. The summed E-state index contributed by atoms with van der Waals surface area (Å²) in [6.45, 7) is 3.39. The van der Waals surface area contributed by atoms with Gasteiger partial charge in [0.25, 0.3) is 5.91 Å². The summed E-state index contributed by atoms with van der Waals surface area (Å²) in [5.74, 6) is -5.55. The molecule has 0 spiro atoms. The molecule has 2 unspecified atom stereocenters. The van der Waals surface area contributed by atoms with Crippen molar-refractivity contribution in [2.45, 2.75) is 84.1 Å². The second-order valence-corrected chi connectivity index (χ2v) is 13.1. The van der Waals surface area contributed by atoms with Crippen molar-refractivity contribution in [2.24, 2.45) is 5.92 Å². The molecule has 17 heteroatoms. The molecule has 3 amide bonds. The molecule has 2 aromatic carbocycles. The number of benzene rings is 2. The third-order valence-corrected chi connectivity index (χ3v) is 7.52. The zero-order chi connectivity index (χ0) is 38.2. The maximum absolute atomic E-state index is 15.0. The van der Waals surface area contributed by atoms with E-state index in [0.717, 1.165) is 31.0 Å². The minimum atomic E-state index is -3.20. The minimum Gasteiger partial charge on any atom is -0.490 e. The predicted octanol–water partition coefficient (Wildman–Crippen LogP) is 6.44. The van der Waals surface area contributed by atoms with Crippen LogP contribution in [0.5, 0.6) is 11.5 Å². The van der Waals surface area contributed by atoms with E-state index in [0.29, 0.717) is 6.07 Å². The Balaban J connectivity index is 1.71. The molecule has 3 aromatic rings. The van der Waals surface area contributed by atoms with Crippen LogP contribution in [0.4, 0.5) is 22.4 Å². The first-order valence-electron chi connectivity index (χ1n) is 16.5. The molecule has 0 saturated heterocycles. The number of aliphatic carboxylic acids is 1. The highest BCUT2D eigenvalue weighted by molar-refractivity contribution is 5.98. The van der Waals surface area contributed by atoms with Crippen LogP contribution in [-0.2, 0) is 14.3 Å². The number of carboxylic acids is 1. The number of rotatable bonds is 17. The number of hydrogen-bond acceptors (Lipinski definition) is 9. The SMILES string of the molecule is CC(NC(=O)OC(C)(C)C)c1oc(-c2ccc(OC(F)F)c(OCCCCC(=O)O)c2)nc1C(=O)NC(C(=O)NCC1CC1)c1ccc(F)cc1F. The van der Waals surface area contributed by atoms with Gasteiger partial charge in [0.05, 0.1) is 12.6 Å². The Hall–Kier alpha value is -5.35. The third kappa shape index (κ3) is 11.6. The fraction of sp³-hybridized carbons (Fsp3) is 0.457. The number of carbonyl (C=O) groups is 4. The Bertz CT molecular complexity index is 1760. The minimum absolute atomic E-state index is 0.0538. The first kappa shape index (κ1) is 39.4. The van der Waals surface area contributed by atoms with E-state index in [1.807, 2.05) is 0 Å². The van der Waals surface area contributed by atoms with E-state index in [2.05, 4.69) is 25.7 Å². The summed E-state index contributed by atoms with van der Waals surface area (Å²) in [7, 11) is 0. The Morgan fingerprint density at radius 2 is 1.75 bits per heavy atom. The van der Waals surface area contributed by atoms with E-state index < -0.39 is 65.5 Å². The maximum atomic E-state index is 15.0. The number of hydrogen-bond donors (Lipinski definition) is 4. The van der Waals surface area contributed by atoms with Gasteiger partial charge in [0.15, 0.2) is 23.0 Å². The number of alkyl halides is 2. The van der Waals surface area contributed by atoms with E-state index in [4.69, 9.17) is 19.0 Å². The normalized spacial score (nSPS) is 13.9. The van der Waals surface area contributed by atoms with Crippen LogP contribution < -0.4 is 25.4 Å². The second-order valence-electron chi connectivity index (χ2n) is 13.1. The number of nitrogens with zero attached hydrogens (tertiary/aromatic N) is 1. The van der Waals surface area contributed by atoms with Gasteiger partial charge in [-0.2, -0.15) is 8.78 Å². The first-order chi connectivity index (χ1) is 24.5. The number of carbonyl (C=O) groups excluding carboxylic acids is 3. The van der Waals surface area contributed by atoms with Crippen molar-refractivity contribution < 1.29 is 60.5 Å². The van der Waals surface area contributed by atoms with Gasteiger partial charge in [-0.3, -0.25) is 14.4 Å². The molecule has 52 heavy (non-hydrogen) atoms. The first-order valence-corrected chi connectivity index (χ1v) is 16.5. The van der Waals surface area contributed by atoms with E-state index in [-0.39, 0.29) is 72.6 Å². The van der Waals surface area contributed by atoms with Crippen LogP contribution in [0.2, 0.25) is 0 Å². The van der Waals surface area contributed by atoms with Gasteiger partial charge < -0.3 is 39.7 Å². The molecule has 0 aliphatic heterocycles. The number of carboxylic acid groups (broad SMARTS) is 1. The van der Waals surface area contributed by atoms with E-state index in [1.54, 1.807) is 20.8 Å². The number of nitrogens with one attached hydrogen (secondary N) is 3. The maximum Gasteiger partial charge on any atom is 0.408 e. The van der Waals surface area contributed by atoms with Crippen LogP contribution in [0.3, 0.4) is 0 Å². The fourth-order valence-electron chi connectivity index (χ4n) is 4.86. The lowest BCUT2D eigenvalue weighted by molar-refractivity contribution is -0.137. The lowest BCUT2D eigenvalue weighted by Gasteiger charge is -2.22. The van der Waals surface area contributed by atoms with Crippen molar-refractivity contribution in [3.63, 3.8) is 0 Å². The average molecular weight is 737 g/mol.